The van der Waals surface area contributed by atoms with Gasteiger partial charge in [0.1, 0.15) is 0 Å². The maximum absolute atomic E-state index is 10.7. The van der Waals surface area contributed by atoms with Crippen LogP contribution in [0.1, 0.15) is 29.3 Å². The number of primary amides is 1. The number of amides is 2. The second kappa shape index (κ2) is 3.42. The van der Waals surface area contributed by atoms with Crippen LogP contribution in [0.25, 0.3) is 0 Å². The van der Waals surface area contributed by atoms with Crippen LogP contribution >= 0.6 is 11.3 Å². The van der Waals surface area contributed by atoms with E-state index in [0.29, 0.717) is 12.1 Å². The molecule has 0 saturated heterocycles. The Morgan fingerprint density at radius 3 is 3.21 bits per heavy atom. The van der Waals surface area contributed by atoms with Gasteiger partial charge in [0, 0.05) is 5.71 Å². The first-order chi connectivity index (χ1) is 6.68. The molecule has 0 radical (unpaired) electrons. The summed E-state index contributed by atoms with van der Waals surface area (Å²) in [5.41, 5.74) is 6.78. The molecule has 4 nitrogen and oxygen atoms in total. The zero-order chi connectivity index (χ0) is 10.1. The van der Waals surface area contributed by atoms with Gasteiger partial charge in [-0.2, -0.15) is 0 Å². The minimum absolute atomic E-state index is 0.0113. The molecule has 0 spiro atoms. The predicted octanol–water partition coefficient (Wildman–Crippen LogP) is 1.62. The van der Waals surface area contributed by atoms with Crippen LogP contribution in [0.5, 0.6) is 0 Å². The normalized spacial score (nSPS) is 20.3. The summed E-state index contributed by atoms with van der Waals surface area (Å²) in [6, 6.07) is 1.44. The fourth-order valence-electron chi connectivity index (χ4n) is 1.72. The first kappa shape index (κ1) is 9.21. The smallest absolute Gasteiger partial charge is 0.312 e. The van der Waals surface area contributed by atoms with E-state index in [1.54, 1.807) is 11.3 Å². The summed E-state index contributed by atoms with van der Waals surface area (Å²) < 4.78 is 0. The highest BCUT2D eigenvalue weighted by atomic mass is 32.1. The quantitative estimate of drug-likeness (QED) is 0.645. The lowest BCUT2D eigenvalue weighted by atomic mass is 9.93. The van der Waals surface area contributed by atoms with Crippen molar-refractivity contribution in [2.75, 3.05) is 0 Å². The highest BCUT2D eigenvalue weighted by molar-refractivity contribution is 7.12. The van der Waals surface area contributed by atoms with E-state index < -0.39 is 6.03 Å². The molecular weight excluding hydrogens is 198 g/mol. The number of hydrogen-bond acceptors (Lipinski definition) is 3. The number of urea groups is 1. The van der Waals surface area contributed by atoms with Crippen molar-refractivity contribution >= 4 is 23.1 Å². The van der Waals surface area contributed by atoms with Gasteiger partial charge in [-0.1, -0.05) is 0 Å². The second-order valence-corrected chi connectivity index (χ2v) is 4.20. The molecule has 0 bridgehead atoms. The number of carbonyl (C=O) groups is 1. The van der Waals surface area contributed by atoms with Crippen LogP contribution in [0.3, 0.4) is 0 Å². The summed E-state index contributed by atoms with van der Waals surface area (Å²) in [7, 11) is 0. The van der Waals surface area contributed by atoms with Crippen LogP contribution < -0.4 is 11.1 Å². The van der Waals surface area contributed by atoms with E-state index in [2.05, 4.69) is 5.32 Å². The average Bonchev–Trinajstić information content (AvgIpc) is 2.58. The van der Waals surface area contributed by atoms with Crippen molar-refractivity contribution in [2.24, 2.45) is 5.73 Å². The molecule has 0 fully saturated rings. The molecule has 1 aliphatic rings. The average molecular weight is 209 g/mol. The summed E-state index contributed by atoms with van der Waals surface area (Å²) in [6.45, 7) is 0. The predicted molar refractivity (Wildman–Crippen MR) is 55.8 cm³/mol. The number of fused-ring (bicyclic) bond motifs is 1. The van der Waals surface area contributed by atoms with E-state index in [-0.39, 0.29) is 6.04 Å². The third-order valence-electron chi connectivity index (χ3n) is 2.34. The van der Waals surface area contributed by atoms with Crippen molar-refractivity contribution < 1.29 is 4.79 Å². The van der Waals surface area contributed by atoms with Crippen molar-refractivity contribution in [1.82, 2.24) is 5.32 Å². The Hall–Kier alpha value is -1.36. The van der Waals surface area contributed by atoms with E-state index in [1.807, 2.05) is 11.4 Å². The molecule has 1 aliphatic carbocycles. The largest absolute Gasteiger partial charge is 0.352 e. The first-order valence-corrected chi connectivity index (χ1v) is 5.27. The number of rotatable bonds is 1. The lowest BCUT2D eigenvalue weighted by Gasteiger charge is -2.23. The van der Waals surface area contributed by atoms with E-state index in [1.165, 1.54) is 0 Å². The molecule has 1 aromatic rings. The van der Waals surface area contributed by atoms with Crippen molar-refractivity contribution in [3.05, 3.63) is 21.9 Å². The summed E-state index contributed by atoms with van der Waals surface area (Å²) >= 11 is 1.55. The first-order valence-electron chi connectivity index (χ1n) is 4.39. The van der Waals surface area contributed by atoms with Crippen LogP contribution in [-0.4, -0.2) is 11.7 Å². The molecule has 5 heteroatoms. The third kappa shape index (κ3) is 1.50. The minimum Gasteiger partial charge on any atom is -0.352 e. The Balaban J connectivity index is 2.29. The zero-order valence-corrected chi connectivity index (χ0v) is 8.36. The summed E-state index contributed by atoms with van der Waals surface area (Å²) in [4.78, 5) is 11.7. The van der Waals surface area contributed by atoms with Crippen LogP contribution in [-0.2, 0) is 0 Å². The number of thiophene rings is 1. The van der Waals surface area contributed by atoms with Gasteiger partial charge in [0.25, 0.3) is 0 Å². The highest BCUT2D eigenvalue weighted by Crippen LogP contribution is 2.32. The van der Waals surface area contributed by atoms with Crippen LogP contribution in [0, 0.1) is 5.41 Å². The number of nitrogens with two attached hydrogens (primary N) is 1. The monoisotopic (exact) mass is 209 g/mol. The highest BCUT2D eigenvalue weighted by Gasteiger charge is 2.25. The van der Waals surface area contributed by atoms with Crippen molar-refractivity contribution in [3.63, 3.8) is 0 Å². The van der Waals surface area contributed by atoms with Gasteiger partial charge in [0.2, 0.25) is 0 Å². The maximum Gasteiger partial charge on any atom is 0.312 e. The summed E-state index contributed by atoms with van der Waals surface area (Å²) in [5.74, 6) is 0. The van der Waals surface area contributed by atoms with Gasteiger partial charge in [-0.3, -0.25) is 0 Å². The fraction of sp³-hybridized carbons (Fsp3) is 0.333. The molecule has 74 valence electrons. The molecule has 1 aromatic heterocycles. The summed E-state index contributed by atoms with van der Waals surface area (Å²) in [6.07, 6.45) is 1.48. The Kier molecular flexibility index (Phi) is 2.25. The summed E-state index contributed by atoms with van der Waals surface area (Å²) in [5, 5.41) is 12.4. The molecule has 1 atom stereocenters. The Morgan fingerprint density at radius 1 is 1.71 bits per heavy atom. The van der Waals surface area contributed by atoms with Crippen molar-refractivity contribution in [3.8, 4) is 0 Å². The van der Waals surface area contributed by atoms with E-state index in [0.717, 1.165) is 16.9 Å². The molecule has 1 unspecified atom stereocenters. The van der Waals surface area contributed by atoms with Gasteiger partial charge in [0.05, 0.1) is 10.9 Å². The van der Waals surface area contributed by atoms with Gasteiger partial charge in [-0.05, 0) is 29.9 Å². The van der Waals surface area contributed by atoms with Crippen LogP contribution in [0.15, 0.2) is 11.4 Å². The zero-order valence-electron chi connectivity index (χ0n) is 7.54. The molecular formula is C9H11N3OS. The van der Waals surface area contributed by atoms with Crippen molar-refractivity contribution in [2.45, 2.75) is 18.9 Å². The van der Waals surface area contributed by atoms with Gasteiger partial charge in [-0.25, -0.2) is 4.79 Å². The lowest BCUT2D eigenvalue weighted by molar-refractivity contribution is 0.244. The van der Waals surface area contributed by atoms with Gasteiger partial charge >= 0.3 is 6.03 Å². The Bertz CT molecular complexity index is 385. The van der Waals surface area contributed by atoms with E-state index in [9.17, 15) is 4.79 Å². The lowest BCUT2D eigenvalue weighted by Crippen LogP contribution is -2.35. The molecule has 0 saturated carbocycles. The number of nitrogens with one attached hydrogen (secondary N) is 2. The van der Waals surface area contributed by atoms with Gasteiger partial charge in [-0.15, -0.1) is 11.3 Å². The minimum atomic E-state index is -0.499. The standard InChI is InChI=1S/C9H11N3OS/c10-6-1-2-7(12-9(11)13)5-3-4-14-8(5)6/h3-4,7,10H,1-2H2,(H3,11,12,13). The van der Waals surface area contributed by atoms with Crippen LogP contribution in [0.4, 0.5) is 4.79 Å². The van der Waals surface area contributed by atoms with E-state index in [4.69, 9.17) is 11.1 Å². The molecule has 2 rings (SSSR count). The maximum atomic E-state index is 10.7. The third-order valence-corrected chi connectivity index (χ3v) is 3.33. The van der Waals surface area contributed by atoms with Crippen LogP contribution in [0.2, 0.25) is 0 Å². The fourth-order valence-corrected chi connectivity index (χ4v) is 2.66. The second-order valence-electron chi connectivity index (χ2n) is 3.28. The molecule has 0 aromatic carbocycles. The molecule has 0 aliphatic heterocycles. The topological polar surface area (TPSA) is 79.0 Å². The molecule has 14 heavy (non-hydrogen) atoms. The molecule has 2 amide bonds. The number of hydrogen-bond donors (Lipinski definition) is 3. The molecule has 4 N–H and O–H groups in total. The van der Waals surface area contributed by atoms with Crippen molar-refractivity contribution in [1.29, 1.82) is 5.41 Å². The Labute approximate surface area is 85.6 Å². The van der Waals surface area contributed by atoms with Gasteiger partial charge in [0.15, 0.2) is 0 Å². The van der Waals surface area contributed by atoms with Gasteiger partial charge < -0.3 is 16.5 Å². The SMILES string of the molecule is N=C1CCC(NC(N)=O)c2ccsc21. The number of carbonyl (C=O) groups excluding carboxylic acids is 1. The Morgan fingerprint density at radius 2 is 2.50 bits per heavy atom. The molecule has 1 heterocycles. The van der Waals surface area contributed by atoms with E-state index >= 15 is 0 Å².